The number of carbonyl (C=O) groups excluding carboxylic acids is 3. The molecule has 0 unspecified atom stereocenters. The van der Waals surface area contributed by atoms with E-state index in [4.69, 9.17) is 61.6 Å². The first-order valence-corrected chi connectivity index (χ1v) is 29.1. The highest BCUT2D eigenvalue weighted by Crippen LogP contribution is 2.40. The van der Waals surface area contributed by atoms with Crippen molar-refractivity contribution < 1.29 is 188 Å². The van der Waals surface area contributed by atoms with E-state index in [1.165, 1.54) is 6.92 Å². The third kappa shape index (κ3) is 16.4. The summed E-state index contributed by atoms with van der Waals surface area (Å²) in [5, 5.41) is 234. The van der Waals surface area contributed by atoms with E-state index in [0.29, 0.717) is 0 Å². The lowest BCUT2D eigenvalue weighted by Crippen LogP contribution is -2.72. The van der Waals surface area contributed by atoms with Gasteiger partial charge in [0, 0.05) is 27.2 Å². The summed E-state index contributed by atoms with van der Waals surface area (Å²) in [5.74, 6) is -8.12. The van der Waals surface area contributed by atoms with Crippen LogP contribution in [0.1, 0.15) is 34.1 Å². The Morgan fingerprint density at radius 1 is 0.467 bits per heavy atom. The molecule has 92 heavy (non-hydrogen) atoms. The molecule has 7 aliphatic heterocycles. The van der Waals surface area contributed by atoms with Gasteiger partial charge in [-0.05, 0) is 6.92 Å². The van der Waals surface area contributed by atoms with E-state index in [9.17, 15) is 126 Å². The van der Waals surface area contributed by atoms with Crippen LogP contribution in [-0.2, 0) is 80.8 Å². The molecule has 36 atom stereocenters. The average molecular weight is 1350 g/mol. The molecule has 41 nitrogen and oxygen atoms in total. The molecule has 7 rings (SSSR count). The molecule has 0 spiro atoms. The van der Waals surface area contributed by atoms with E-state index in [-0.39, 0.29) is 0 Å². The molecule has 0 aromatic rings. The van der Waals surface area contributed by atoms with Gasteiger partial charge in [0.05, 0.1) is 51.8 Å². The van der Waals surface area contributed by atoms with Gasteiger partial charge < -0.3 is 185 Å². The molecule has 24 N–H and O–H groups in total. The summed E-state index contributed by atoms with van der Waals surface area (Å²) >= 11 is 0. The minimum absolute atomic E-state index is 0.900. The summed E-state index contributed by atoms with van der Waals surface area (Å²) in [6.07, 6.45) is -66.0. The molecule has 7 aliphatic rings. The minimum atomic E-state index is -3.25. The molecule has 7 saturated heterocycles. The van der Waals surface area contributed by atoms with Gasteiger partial charge in [0.25, 0.3) is 5.79 Å². The first-order chi connectivity index (χ1) is 43.3. The molecule has 41 heteroatoms. The van der Waals surface area contributed by atoms with Crippen LogP contribution in [0.5, 0.6) is 0 Å². The molecular formula is C51H85N3O38. The summed E-state index contributed by atoms with van der Waals surface area (Å²) < 4.78 is 76.2. The number of aliphatic carboxylic acids is 1. The molecule has 7 fully saturated rings. The fraction of sp³-hybridized carbons (Fsp3) is 0.922. The average Bonchev–Trinajstić information content (AvgIpc) is 0.775. The lowest BCUT2D eigenvalue weighted by atomic mass is 9.90. The largest absolute Gasteiger partial charge is 0.477 e. The monoisotopic (exact) mass is 1350 g/mol. The van der Waals surface area contributed by atoms with Crippen molar-refractivity contribution in [3.05, 3.63) is 0 Å². The van der Waals surface area contributed by atoms with Crippen LogP contribution in [-0.4, -0.2) is 391 Å². The highest BCUT2D eigenvalue weighted by molar-refractivity contribution is 5.76. The number of aliphatic hydroxyl groups excluding tert-OH is 20. The van der Waals surface area contributed by atoms with Crippen LogP contribution in [0.15, 0.2) is 0 Å². The SMILES string of the molecule is CC(=O)N[C@@H]1[C@@H](O[C@@H]2O[C@H](CO)[C@H](O)[C@H](O[C@]3(C(=O)O)C[C@H](O)[C@@H](O)[C@H]([C@H](O)[C@H](O)CO)O3)[C@H]2O)[C@@H](O)[C@@H](CO[C@@H]2O[C@H](CO)[C@@H](O[C@@H]3O[C@@H](C)[C@@H](O)[C@@H](O)[C@@H]3O)[C@H](O[C@@H]3O[C@H](CO)[C@@H](O[C@@H]4O[C@H](CO)[C@H](O)[C@H](O)[C@H]4O)[C@H](O)[C@H]3NC(C)=O)[C@H]2NC(C)=O)O[C@H]1O. The Balaban J connectivity index is 1.20. The van der Waals surface area contributed by atoms with Gasteiger partial charge in [0.15, 0.2) is 37.7 Å². The van der Waals surface area contributed by atoms with Crippen molar-refractivity contribution in [3.8, 4) is 0 Å². The molecule has 3 amide bonds. The maximum absolute atomic E-state index is 13.3. The number of aliphatic hydroxyl groups is 20. The lowest BCUT2D eigenvalue weighted by molar-refractivity contribution is -0.387. The second-order valence-electron chi connectivity index (χ2n) is 23.2. The molecular weight excluding hydrogens is 1260 g/mol. The zero-order valence-corrected chi connectivity index (χ0v) is 49.5. The van der Waals surface area contributed by atoms with Gasteiger partial charge in [-0.15, -0.1) is 0 Å². The van der Waals surface area contributed by atoms with Crippen LogP contribution < -0.4 is 16.0 Å². The molecule has 0 aliphatic carbocycles. The van der Waals surface area contributed by atoms with Gasteiger partial charge in [-0.1, -0.05) is 0 Å². The number of ether oxygens (including phenoxy) is 13. The highest BCUT2D eigenvalue weighted by Gasteiger charge is 2.62. The second kappa shape index (κ2) is 32.3. The number of rotatable bonds is 24. The fourth-order valence-electron chi connectivity index (χ4n) is 11.7. The second-order valence-corrected chi connectivity index (χ2v) is 23.2. The fourth-order valence-corrected chi connectivity index (χ4v) is 11.7. The van der Waals surface area contributed by atoms with Gasteiger partial charge in [0.2, 0.25) is 17.7 Å². The van der Waals surface area contributed by atoms with Crippen LogP contribution in [0, 0.1) is 0 Å². The standard InChI is InChI=1S/C51H85N3O38/c1-12-26(65)33(72)35(74)47(81-12)88-39-21(10-59)85-45(25(54-15(4)62)41(39)90-46-23(52-13(2)60)32(71)38(20(9-58)86-46)87-48-36(75)34(73)29(68)18(7-56)83-48)80-11-22-31(70)40(24(44(77)82-22)53-14(3)61)89-49-37(76)43(30(69)19(8-57)84-49)92-51(50(78)79)5-16(63)27(66)42(91-51)28(67)17(64)6-55/h12,16-49,55-59,63-77H,5-11H2,1-4H3,(H,52,60)(H,53,61)(H,54,62)(H,78,79)/t12-,16-,17+,18+,19+,20+,21+,22+,23+,24+,25+,26+,27+,28+,29-,30-,31-,32+,33+,34-,35-,36+,37+,38+,39+,40+,41+,42+,43-,44+,45+,46-,47-,48-,49-,51-/m0/s1. The third-order valence-electron chi connectivity index (χ3n) is 16.7. The predicted molar refractivity (Wildman–Crippen MR) is 282 cm³/mol. The van der Waals surface area contributed by atoms with Crippen LogP contribution in [0.2, 0.25) is 0 Å². The summed E-state index contributed by atoms with van der Waals surface area (Å²) in [7, 11) is 0. The number of carboxylic acids is 1. The van der Waals surface area contributed by atoms with Crippen LogP contribution in [0.3, 0.4) is 0 Å². The van der Waals surface area contributed by atoms with Gasteiger partial charge >= 0.3 is 5.97 Å². The zero-order chi connectivity index (χ0) is 68.3. The van der Waals surface area contributed by atoms with E-state index in [1.807, 2.05) is 0 Å². The molecule has 0 aromatic heterocycles. The molecule has 0 aromatic carbocycles. The number of hydrogen-bond donors (Lipinski definition) is 24. The van der Waals surface area contributed by atoms with Crippen LogP contribution >= 0.6 is 0 Å². The van der Waals surface area contributed by atoms with Crippen molar-refractivity contribution in [2.24, 2.45) is 0 Å². The van der Waals surface area contributed by atoms with Crippen molar-refractivity contribution in [1.29, 1.82) is 0 Å². The highest BCUT2D eigenvalue weighted by atomic mass is 16.8. The summed E-state index contributed by atoms with van der Waals surface area (Å²) in [6.45, 7) is -2.32. The molecule has 0 bridgehead atoms. The molecule has 7 heterocycles. The van der Waals surface area contributed by atoms with Crippen molar-refractivity contribution in [2.75, 3.05) is 39.6 Å². The van der Waals surface area contributed by atoms with Crippen molar-refractivity contribution in [2.45, 2.75) is 254 Å². The summed E-state index contributed by atoms with van der Waals surface area (Å²) in [6, 6.07) is -5.61. The predicted octanol–water partition coefficient (Wildman–Crippen LogP) is -15.6. The first kappa shape index (κ1) is 75.9. The van der Waals surface area contributed by atoms with Gasteiger partial charge in [-0.25, -0.2) is 4.79 Å². The van der Waals surface area contributed by atoms with Crippen LogP contribution in [0.25, 0.3) is 0 Å². The first-order valence-electron chi connectivity index (χ1n) is 29.1. The number of amides is 3. The maximum atomic E-state index is 13.3. The van der Waals surface area contributed by atoms with E-state index in [1.54, 1.807) is 0 Å². The van der Waals surface area contributed by atoms with Gasteiger partial charge in [0.1, 0.15) is 165 Å². The number of nitrogens with one attached hydrogen (secondary N) is 3. The number of carboxylic acid groups (broad SMARTS) is 1. The summed E-state index contributed by atoms with van der Waals surface area (Å²) in [4.78, 5) is 51.8. The Morgan fingerprint density at radius 3 is 1.50 bits per heavy atom. The Morgan fingerprint density at radius 2 is 0.935 bits per heavy atom. The third-order valence-corrected chi connectivity index (χ3v) is 16.7. The topological polar surface area (TPSA) is 649 Å². The maximum Gasteiger partial charge on any atom is 0.364 e. The normalized spacial score (nSPS) is 47.6. The van der Waals surface area contributed by atoms with E-state index < -0.39 is 290 Å². The Bertz CT molecular complexity index is 2400. The summed E-state index contributed by atoms with van der Waals surface area (Å²) in [5.41, 5.74) is 0. The quantitative estimate of drug-likeness (QED) is 0.0427. The van der Waals surface area contributed by atoms with Gasteiger partial charge in [-0.2, -0.15) is 0 Å². The number of carbonyl (C=O) groups is 4. The lowest BCUT2D eigenvalue weighted by Gasteiger charge is -2.51. The Labute approximate surface area is 520 Å². The minimum Gasteiger partial charge on any atom is -0.477 e. The molecule has 0 radical (unpaired) electrons. The number of hydrogen-bond acceptors (Lipinski definition) is 37. The Hall–Kier alpha value is -3.44. The van der Waals surface area contributed by atoms with Crippen molar-refractivity contribution >= 4 is 23.7 Å². The van der Waals surface area contributed by atoms with E-state index in [0.717, 1.165) is 20.8 Å². The van der Waals surface area contributed by atoms with E-state index >= 15 is 0 Å². The molecule has 0 saturated carbocycles. The molecule has 532 valence electrons. The van der Waals surface area contributed by atoms with Crippen molar-refractivity contribution in [3.63, 3.8) is 0 Å². The van der Waals surface area contributed by atoms with Crippen LogP contribution in [0.4, 0.5) is 0 Å². The zero-order valence-electron chi connectivity index (χ0n) is 49.5. The van der Waals surface area contributed by atoms with Gasteiger partial charge in [-0.3, -0.25) is 14.4 Å². The Kier molecular flexibility index (Phi) is 26.6. The van der Waals surface area contributed by atoms with Crippen molar-refractivity contribution in [1.82, 2.24) is 16.0 Å². The smallest absolute Gasteiger partial charge is 0.364 e. The van der Waals surface area contributed by atoms with E-state index in [2.05, 4.69) is 16.0 Å².